The first kappa shape index (κ1) is 23.1. The van der Waals surface area contributed by atoms with Gasteiger partial charge in [-0.3, -0.25) is 0 Å². The average Bonchev–Trinajstić information content (AvgIpc) is 2.58. The zero-order chi connectivity index (χ0) is 16.6. The van der Waals surface area contributed by atoms with Gasteiger partial charge in [0.25, 0.3) is 0 Å². The van der Waals surface area contributed by atoms with E-state index in [4.69, 9.17) is 0 Å². The van der Waals surface area contributed by atoms with Crippen molar-refractivity contribution < 1.29 is 5.48 Å². The van der Waals surface area contributed by atoms with E-state index in [1.54, 1.807) is 0 Å². The number of hydrogen-bond donors (Lipinski definition) is 0. The van der Waals surface area contributed by atoms with Gasteiger partial charge in [-0.15, -0.1) is 0 Å². The molecule has 0 bridgehead atoms. The molecule has 1 aromatic rings. The molecule has 24 heavy (non-hydrogen) atoms. The summed E-state index contributed by atoms with van der Waals surface area (Å²) in [7, 11) is 0. The second kappa shape index (κ2) is 17.0. The summed E-state index contributed by atoms with van der Waals surface area (Å²) in [5.41, 5.74) is 1.50. The summed E-state index contributed by atoms with van der Waals surface area (Å²) in [6, 6.07) is 10.9. The Morgan fingerprint density at radius 3 is 1.67 bits per heavy atom. The molecule has 2 N–H and O–H groups in total. The van der Waals surface area contributed by atoms with Gasteiger partial charge in [0.05, 0.1) is 0 Å². The first-order valence-electron chi connectivity index (χ1n) is 10.1. The van der Waals surface area contributed by atoms with Crippen LogP contribution in [-0.2, 0) is 6.42 Å². The third-order valence-electron chi connectivity index (χ3n) is 4.61. The Labute approximate surface area is 151 Å². The van der Waals surface area contributed by atoms with E-state index in [0.717, 1.165) is 0 Å². The van der Waals surface area contributed by atoms with Crippen LogP contribution in [0.3, 0.4) is 0 Å². The molecular weight excluding hydrogens is 294 g/mol. The Morgan fingerprint density at radius 2 is 1.12 bits per heavy atom. The molecular formula is C22H41NO. The molecule has 0 fully saturated rings. The van der Waals surface area contributed by atoms with Gasteiger partial charge < -0.3 is 10.4 Å². The van der Waals surface area contributed by atoms with Crippen molar-refractivity contribution in [3.8, 4) is 0 Å². The van der Waals surface area contributed by atoms with Crippen LogP contribution in [0.15, 0.2) is 30.3 Å². The fraction of sp³-hybridized carbons (Fsp3) is 0.727. The van der Waals surface area contributed by atoms with E-state index < -0.39 is 0 Å². The van der Waals surface area contributed by atoms with Crippen LogP contribution in [0.4, 0.5) is 0 Å². The quantitative estimate of drug-likeness (QED) is 0.381. The summed E-state index contributed by atoms with van der Waals surface area (Å²) >= 11 is 0. The molecule has 140 valence electrons. The molecule has 0 aliphatic rings. The lowest BCUT2D eigenvalue weighted by Gasteiger charge is -2.20. The van der Waals surface area contributed by atoms with Crippen LogP contribution in [0.25, 0.3) is 0 Å². The maximum absolute atomic E-state index is 2.64. The lowest BCUT2D eigenvalue weighted by molar-refractivity contribution is 0.267. The van der Waals surface area contributed by atoms with Crippen LogP contribution in [0.2, 0.25) is 0 Å². The number of rotatable bonds is 15. The molecule has 0 aromatic heterocycles. The van der Waals surface area contributed by atoms with Gasteiger partial charge >= 0.3 is 0 Å². The molecule has 0 amide bonds. The number of benzene rings is 1. The van der Waals surface area contributed by atoms with Gasteiger partial charge in [0.2, 0.25) is 0 Å². The average molecular weight is 336 g/mol. The van der Waals surface area contributed by atoms with Crippen molar-refractivity contribution in [2.45, 2.75) is 84.5 Å². The smallest absolute Gasteiger partial charge is 0.00187 e. The minimum atomic E-state index is 0. The molecule has 2 heteroatoms. The highest BCUT2D eigenvalue weighted by molar-refractivity contribution is 5.14. The van der Waals surface area contributed by atoms with Crippen molar-refractivity contribution in [2.75, 3.05) is 19.6 Å². The van der Waals surface area contributed by atoms with E-state index in [2.05, 4.69) is 49.1 Å². The highest BCUT2D eigenvalue weighted by atomic mass is 16.0. The Morgan fingerprint density at radius 1 is 0.625 bits per heavy atom. The topological polar surface area (TPSA) is 34.7 Å². The monoisotopic (exact) mass is 335 g/mol. The van der Waals surface area contributed by atoms with Gasteiger partial charge in [0.15, 0.2) is 0 Å². The van der Waals surface area contributed by atoms with Crippen molar-refractivity contribution in [2.24, 2.45) is 0 Å². The van der Waals surface area contributed by atoms with Crippen molar-refractivity contribution in [1.82, 2.24) is 4.90 Å². The minimum absolute atomic E-state index is 0. The van der Waals surface area contributed by atoms with Crippen molar-refractivity contribution >= 4 is 0 Å². The van der Waals surface area contributed by atoms with E-state index in [-0.39, 0.29) is 5.48 Å². The summed E-state index contributed by atoms with van der Waals surface area (Å²) < 4.78 is 0. The standard InChI is InChI=1S/C22H39N.H2O/c1-3-19-23(20-4-2)21-15-10-8-6-5-7-9-12-16-22-17-13-11-14-18-22;/h11,13-14,17-18H,3-10,12,15-16,19-21H2,1-2H3;1H2. The molecule has 0 atom stereocenters. The van der Waals surface area contributed by atoms with Crippen LogP contribution in [0.1, 0.15) is 83.6 Å². The number of aryl methyl sites for hydroxylation is 1. The van der Waals surface area contributed by atoms with E-state index in [0.29, 0.717) is 0 Å². The highest BCUT2D eigenvalue weighted by Crippen LogP contribution is 2.11. The molecule has 0 spiro atoms. The predicted molar refractivity (Wildman–Crippen MR) is 108 cm³/mol. The molecule has 1 rings (SSSR count). The van der Waals surface area contributed by atoms with E-state index >= 15 is 0 Å². The number of hydrogen-bond acceptors (Lipinski definition) is 1. The first-order valence-corrected chi connectivity index (χ1v) is 10.1. The van der Waals surface area contributed by atoms with Crippen molar-refractivity contribution in [3.63, 3.8) is 0 Å². The third-order valence-corrected chi connectivity index (χ3v) is 4.61. The van der Waals surface area contributed by atoms with Gasteiger partial charge in [-0.2, -0.15) is 0 Å². The van der Waals surface area contributed by atoms with Crippen molar-refractivity contribution in [1.29, 1.82) is 0 Å². The Bertz CT molecular complexity index is 346. The Hall–Kier alpha value is -0.860. The molecule has 1 aromatic carbocycles. The van der Waals surface area contributed by atoms with Crippen LogP contribution in [0.5, 0.6) is 0 Å². The van der Waals surface area contributed by atoms with Gasteiger partial charge in [0.1, 0.15) is 0 Å². The molecule has 2 nitrogen and oxygen atoms in total. The summed E-state index contributed by atoms with van der Waals surface area (Å²) in [6.45, 7) is 8.48. The number of nitrogens with zero attached hydrogens (tertiary/aromatic N) is 1. The Kier molecular flexibility index (Phi) is 16.4. The predicted octanol–water partition coefficient (Wildman–Crippen LogP) is 5.65. The van der Waals surface area contributed by atoms with E-state index in [1.165, 1.54) is 95.8 Å². The van der Waals surface area contributed by atoms with E-state index in [9.17, 15) is 0 Å². The molecule has 0 radical (unpaired) electrons. The van der Waals surface area contributed by atoms with Crippen molar-refractivity contribution in [3.05, 3.63) is 35.9 Å². The molecule has 0 saturated heterocycles. The molecule has 0 saturated carbocycles. The van der Waals surface area contributed by atoms with Crippen LogP contribution < -0.4 is 0 Å². The summed E-state index contributed by atoms with van der Waals surface area (Å²) in [6.07, 6.45) is 15.1. The summed E-state index contributed by atoms with van der Waals surface area (Å²) in [4.78, 5) is 2.64. The zero-order valence-corrected chi connectivity index (χ0v) is 16.2. The summed E-state index contributed by atoms with van der Waals surface area (Å²) in [5.74, 6) is 0. The maximum atomic E-state index is 2.64. The molecule has 0 heterocycles. The molecule has 0 unspecified atom stereocenters. The fourth-order valence-corrected chi connectivity index (χ4v) is 3.34. The second-order valence-electron chi connectivity index (χ2n) is 6.91. The Balaban J connectivity index is 0.00000529. The number of unbranched alkanes of at least 4 members (excludes halogenated alkanes) is 7. The van der Waals surface area contributed by atoms with Gasteiger partial charge in [-0.25, -0.2) is 0 Å². The van der Waals surface area contributed by atoms with Crippen LogP contribution in [0, 0.1) is 0 Å². The SMILES string of the molecule is CCCN(CCC)CCCCCCCCCCc1ccccc1.O. The summed E-state index contributed by atoms with van der Waals surface area (Å²) in [5, 5.41) is 0. The normalized spacial score (nSPS) is 10.8. The third kappa shape index (κ3) is 12.5. The molecule has 0 aliphatic carbocycles. The van der Waals surface area contributed by atoms with Gasteiger partial charge in [-0.1, -0.05) is 82.7 Å². The lowest BCUT2D eigenvalue weighted by atomic mass is 10.0. The van der Waals surface area contributed by atoms with Crippen LogP contribution in [-0.4, -0.2) is 30.0 Å². The molecule has 0 aliphatic heterocycles. The fourth-order valence-electron chi connectivity index (χ4n) is 3.34. The maximum Gasteiger partial charge on any atom is -0.00187 e. The largest absolute Gasteiger partial charge is 0.412 e. The first-order chi connectivity index (χ1) is 11.4. The van der Waals surface area contributed by atoms with Gasteiger partial charge in [-0.05, 0) is 57.3 Å². The van der Waals surface area contributed by atoms with E-state index in [1.807, 2.05) is 0 Å². The highest BCUT2D eigenvalue weighted by Gasteiger charge is 2.01. The second-order valence-corrected chi connectivity index (χ2v) is 6.91. The van der Waals surface area contributed by atoms with Gasteiger partial charge in [0, 0.05) is 0 Å². The van der Waals surface area contributed by atoms with Crippen LogP contribution >= 0.6 is 0 Å². The minimum Gasteiger partial charge on any atom is -0.412 e. The lowest BCUT2D eigenvalue weighted by Crippen LogP contribution is -2.26. The zero-order valence-electron chi connectivity index (χ0n) is 16.2.